The Morgan fingerprint density at radius 2 is 1.93 bits per heavy atom. The minimum absolute atomic E-state index is 0.0124. The predicted octanol–water partition coefficient (Wildman–Crippen LogP) is 2.48. The second kappa shape index (κ2) is 4.65. The van der Waals surface area contributed by atoms with Crippen molar-refractivity contribution < 1.29 is 4.79 Å². The summed E-state index contributed by atoms with van der Waals surface area (Å²) < 4.78 is 0. The van der Waals surface area contributed by atoms with E-state index in [0.29, 0.717) is 0 Å². The van der Waals surface area contributed by atoms with E-state index in [2.05, 4.69) is 11.9 Å². The van der Waals surface area contributed by atoms with Crippen LogP contribution < -0.4 is 0 Å². The van der Waals surface area contributed by atoms with E-state index in [-0.39, 0.29) is 5.41 Å². The lowest BCUT2D eigenvalue weighted by atomic mass is 9.83. The van der Waals surface area contributed by atoms with E-state index in [1.165, 1.54) is 44.9 Å². The fraction of sp³-hybridized carbons (Fsp3) is 0.923. The number of nitrogens with zero attached hydrogens (tertiary/aromatic N) is 1. The smallest absolute Gasteiger partial charge is 0.127 e. The summed E-state index contributed by atoms with van der Waals surface area (Å²) in [6.45, 7) is 2.20. The van der Waals surface area contributed by atoms with Gasteiger partial charge in [0.05, 0.1) is 0 Å². The number of aldehydes is 1. The highest BCUT2D eigenvalue weighted by molar-refractivity contribution is 5.60. The van der Waals surface area contributed by atoms with Crippen LogP contribution in [0.25, 0.3) is 0 Å². The van der Waals surface area contributed by atoms with E-state index in [1.807, 2.05) is 0 Å². The van der Waals surface area contributed by atoms with Gasteiger partial charge in [-0.05, 0) is 38.6 Å². The van der Waals surface area contributed by atoms with Crippen molar-refractivity contribution in [1.82, 2.24) is 4.90 Å². The third-order valence-electron chi connectivity index (χ3n) is 4.23. The molecule has 0 saturated heterocycles. The SMILES string of the molecule is CN(CC1CCC1)CC1(C=O)CCCC1. The highest BCUT2D eigenvalue weighted by atomic mass is 16.1. The van der Waals surface area contributed by atoms with Gasteiger partial charge in [0.25, 0.3) is 0 Å². The summed E-state index contributed by atoms with van der Waals surface area (Å²) in [4.78, 5) is 13.6. The Hall–Kier alpha value is -0.370. The van der Waals surface area contributed by atoms with Crippen LogP contribution in [0.3, 0.4) is 0 Å². The molecule has 2 heteroatoms. The van der Waals surface area contributed by atoms with Gasteiger partial charge in [0, 0.05) is 18.5 Å². The van der Waals surface area contributed by atoms with E-state index in [9.17, 15) is 4.79 Å². The quantitative estimate of drug-likeness (QED) is 0.648. The molecule has 0 aliphatic heterocycles. The second-order valence-corrected chi connectivity index (χ2v) is 5.68. The lowest BCUT2D eigenvalue weighted by Gasteiger charge is -2.34. The predicted molar refractivity (Wildman–Crippen MR) is 61.8 cm³/mol. The van der Waals surface area contributed by atoms with Gasteiger partial charge in [0.15, 0.2) is 0 Å². The monoisotopic (exact) mass is 209 g/mol. The highest BCUT2D eigenvalue weighted by Gasteiger charge is 2.35. The molecule has 0 radical (unpaired) electrons. The zero-order valence-corrected chi connectivity index (χ0v) is 9.87. The van der Waals surface area contributed by atoms with Gasteiger partial charge in [-0.15, -0.1) is 0 Å². The third-order valence-corrected chi connectivity index (χ3v) is 4.23. The molecule has 0 heterocycles. The Labute approximate surface area is 93.0 Å². The van der Waals surface area contributed by atoms with Gasteiger partial charge in [0.1, 0.15) is 6.29 Å². The molecule has 0 aromatic rings. The molecule has 0 unspecified atom stereocenters. The number of carbonyl (C=O) groups is 1. The first-order chi connectivity index (χ1) is 7.24. The molecule has 2 nitrogen and oxygen atoms in total. The maximum atomic E-state index is 11.2. The zero-order chi connectivity index (χ0) is 10.7. The van der Waals surface area contributed by atoms with E-state index in [0.717, 1.165) is 25.3 Å². The summed E-state index contributed by atoms with van der Waals surface area (Å²) in [5.74, 6) is 0.917. The average Bonchev–Trinajstić information content (AvgIpc) is 2.61. The number of hydrogen-bond acceptors (Lipinski definition) is 2. The van der Waals surface area contributed by atoms with Crippen molar-refractivity contribution in [3.05, 3.63) is 0 Å². The molecule has 2 aliphatic rings. The average molecular weight is 209 g/mol. The maximum Gasteiger partial charge on any atom is 0.127 e. The number of hydrogen-bond donors (Lipinski definition) is 0. The van der Waals surface area contributed by atoms with Crippen LogP contribution in [0.15, 0.2) is 0 Å². The molecular weight excluding hydrogens is 186 g/mol. The Bertz CT molecular complexity index is 217. The van der Waals surface area contributed by atoms with Crippen LogP contribution >= 0.6 is 0 Å². The highest BCUT2D eigenvalue weighted by Crippen LogP contribution is 2.37. The maximum absolute atomic E-state index is 11.2. The summed E-state index contributed by atoms with van der Waals surface area (Å²) in [5, 5.41) is 0. The van der Waals surface area contributed by atoms with Crippen LogP contribution in [0.1, 0.15) is 44.9 Å². The van der Waals surface area contributed by atoms with Crippen molar-refractivity contribution in [3.8, 4) is 0 Å². The Morgan fingerprint density at radius 3 is 2.40 bits per heavy atom. The van der Waals surface area contributed by atoms with Crippen molar-refractivity contribution in [3.63, 3.8) is 0 Å². The Kier molecular flexibility index (Phi) is 3.45. The van der Waals surface area contributed by atoms with E-state index in [4.69, 9.17) is 0 Å². The van der Waals surface area contributed by atoms with Crippen molar-refractivity contribution in [2.24, 2.45) is 11.3 Å². The van der Waals surface area contributed by atoms with Crippen LogP contribution in [-0.2, 0) is 4.79 Å². The van der Waals surface area contributed by atoms with Crippen molar-refractivity contribution in [2.75, 3.05) is 20.1 Å². The molecule has 0 aromatic heterocycles. The normalized spacial score (nSPS) is 25.5. The summed E-state index contributed by atoms with van der Waals surface area (Å²) in [7, 11) is 2.18. The molecule has 0 bridgehead atoms. The van der Waals surface area contributed by atoms with Crippen molar-refractivity contribution in [2.45, 2.75) is 44.9 Å². The first-order valence-electron chi connectivity index (χ1n) is 6.39. The van der Waals surface area contributed by atoms with Gasteiger partial charge >= 0.3 is 0 Å². The van der Waals surface area contributed by atoms with Crippen molar-refractivity contribution in [1.29, 1.82) is 0 Å². The first kappa shape index (κ1) is 11.1. The number of carbonyl (C=O) groups excluding carboxylic acids is 1. The molecule has 2 rings (SSSR count). The van der Waals surface area contributed by atoms with Crippen LogP contribution in [0.5, 0.6) is 0 Å². The number of rotatable bonds is 5. The lowest BCUT2D eigenvalue weighted by molar-refractivity contribution is -0.117. The van der Waals surface area contributed by atoms with Gasteiger partial charge < -0.3 is 9.69 Å². The fourth-order valence-electron chi connectivity index (χ4n) is 3.11. The minimum atomic E-state index is 0.0124. The zero-order valence-electron chi connectivity index (χ0n) is 9.87. The van der Waals surface area contributed by atoms with E-state index < -0.39 is 0 Å². The van der Waals surface area contributed by atoms with Gasteiger partial charge in [-0.2, -0.15) is 0 Å². The molecule has 0 aromatic carbocycles. The molecule has 86 valence electrons. The van der Waals surface area contributed by atoms with E-state index >= 15 is 0 Å². The molecule has 0 atom stereocenters. The summed E-state index contributed by atoms with van der Waals surface area (Å²) in [5.41, 5.74) is 0.0124. The first-order valence-corrected chi connectivity index (χ1v) is 6.39. The van der Waals surface area contributed by atoms with Crippen LogP contribution in [0.4, 0.5) is 0 Å². The standard InChI is InChI=1S/C13H23NO/c1-14(9-12-5-4-6-12)10-13(11-15)7-2-3-8-13/h11-12H,2-10H2,1H3. The topological polar surface area (TPSA) is 20.3 Å². The van der Waals surface area contributed by atoms with Crippen molar-refractivity contribution >= 4 is 6.29 Å². The summed E-state index contributed by atoms with van der Waals surface area (Å²) >= 11 is 0. The second-order valence-electron chi connectivity index (χ2n) is 5.68. The van der Waals surface area contributed by atoms with Gasteiger partial charge in [-0.25, -0.2) is 0 Å². The Morgan fingerprint density at radius 1 is 1.27 bits per heavy atom. The fourth-order valence-corrected chi connectivity index (χ4v) is 3.11. The van der Waals surface area contributed by atoms with Crippen LogP contribution in [-0.4, -0.2) is 31.3 Å². The molecule has 15 heavy (non-hydrogen) atoms. The minimum Gasteiger partial charge on any atom is -0.305 e. The van der Waals surface area contributed by atoms with Crippen LogP contribution in [0.2, 0.25) is 0 Å². The largest absolute Gasteiger partial charge is 0.305 e. The van der Waals surface area contributed by atoms with E-state index in [1.54, 1.807) is 0 Å². The molecule has 0 N–H and O–H groups in total. The summed E-state index contributed by atoms with van der Waals surface area (Å²) in [6, 6.07) is 0. The van der Waals surface area contributed by atoms with Crippen LogP contribution in [0, 0.1) is 11.3 Å². The lowest BCUT2D eigenvalue weighted by Crippen LogP contribution is -2.38. The molecule has 0 spiro atoms. The molecule has 2 fully saturated rings. The molecular formula is C13H23NO. The third kappa shape index (κ3) is 2.60. The Balaban J connectivity index is 1.80. The molecule has 0 amide bonds. The summed E-state index contributed by atoms with van der Waals surface area (Å²) in [6.07, 6.45) is 10.2. The van der Waals surface area contributed by atoms with Gasteiger partial charge in [0.2, 0.25) is 0 Å². The molecule has 2 saturated carbocycles. The van der Waals surface area contributed by atoms with Gasteiger partial charge in [-0.1, -0.05) is 19.3 Å². The van der Waals surface area contributed by atoms with Gasteiger partial charge in [-0.3, -0.25) is 0 Å². The molecule has 2 aliphatic carbocycles.